The summed E-state index contributed by atoms with van der Waals surface area (Å²) in [5, 5.41) is 0. The number of benzene rings is 1. The summed E-state index contributed by atoms with van der Waals surface area (Å²) < 4.78 is 35.3. The van der Waals surface area contributed by atoms with Gasteiger partial charge >= 0.3 is 5.97 Å². The Bertz CT molecular complexity index is 1280. The molecule has 2 saturated carbocycles. The molecule has 3 fully saturated rings. The van der Waals surface area contributed by atoms with Crippen LogP contribution in [-0.4, -0.2) is 57.3 Å². The van der Waals surface area contributed by atoms with Crippen LogP contribution in [0, 0.1) is 11.8 Å². The number of carbonyl (C=O) groups is 2. The van der Waals surface area contributed by atoms with Crippen molar-refractivity contribution in [1.82, 2.24) is 0 Å². The number of ether oxygens (including phenoxy) is 3. The summed E-state index contributed by atoms with van der Waals surface area (Å²) >= 11 is 1.35. The Morgan fingerprint density at radius 2 is 1.69 bits per heavy atom. The zero-order valence-corrected chi connectivity index (χ0v) is 27.0. The van der Waals surface area contributed by atoms with Crippen LogP contribution in [0.4, 0.5) is 5.69 Å². The van der Waals surface area contributed by atoms with Gasteiger partial charge in [-0.2, -0.15) is 0 Å². The second-order valence-corrected chi connectivity index (χ2v) is 15.8. The van der Waals surface area contributed by atoms with E-state index < -0.39 is 19.1 Å². The summed E-state index contributed by atoms with van der Waals surface area (Å²) in [6.45, 7) is 7.38. The number of amides is 1. The lowest BCUT2D eigenvalue weighted by Gasteiger charge is -2.42. The van der Waals surface area contributed by atoms with Crippen molar-refractivity contribution in [3.05, 3.63) is 40.8 Å². The fourth-order valence-electron chi connectivity index (χ4n) is 6.65. The molecular weight excluding hydrogens is 573 g/mol. The maximum atomic E-state index is 14.3. The fourth-order valence-corrected chi connectivity index (χ4v) is 9.24. The Labute approximate surface area is 253 Å². The standard InChI is InChI=1S/C32H44NO7PS/c1-5-40-41(4,36)21-23-8-12-24(13-9-23)28-20-27(29(42-28)31(35)37-3)33(30(34)25-10-6-22(2)7-11-25)26-14-16-32(17-15-26)38-18-19-39-32/h8-9,12-13,20,22,25-26H,5-7,10-11,14-19,21H2,1-4H3. The Hall–Kier alpha value is -2.03. The van der Waals surface area contributed by atoms with E-state index in [-0.39, 0.29) is 17.9 Å². The fraction of sp³-hybridized carbons (Fsp3) is 0.625. The first-order valence-electron chi connectivity index (χ1n) is 15.3. The third kappa shape index (κ3) is 7.02. The second kappa shape index (κ2) is 13.3. The minimum atomic E-state index is -2.71. The summed E-state index contributed by atoms with van der Waals surface area (Å²) in [7, 11) is -1.33. The topological polar surface area (TPSA) is 91.4 Å². The molecule has 1 aliphatic heterocycles. The highest BCUT2D eigenvalue weighted by Crippen LogP contribution is 2.47. The van der Waals surface area contributed by atoms with E-state index in [9.17, 15) is 14.2 Å². The first-order valence-corrected chi connectivity index (χ1v) is 18.3. The van der Waals surface area contributed by atoms with Crippen molar-refractivity contribution in [3.8, 4) is 10.4 Å². The van der Waals surface area contributed by atoms with Crippen LogP contribution in [0.5, 0.6) is 0 Å². The van der Waals surface area contributed by atoms with E-state index >= 15 is 0 Å². The molecule has 2 heterocycles. The molecule has 2 aromatic rings. The third-order valence-corrected chi connectivity index (χ3v) is 11.8. The molecule has 10 heteroatoms. The molecule has 2 aliphatic carbocycles. The monoisotopic (exact) mass is 617 g/mol. The van der Waals surface area contributed by atoms with E-state index in [1.807, 2.05) is 42.2 Å². The van der Waals surface area contributed by atoms with Crippen LogP contribution in [0.1, 0.15) is 80.4 Å². The van der Waals surface area contributed by atoms with Crippen molar-refractivity contribution in [1.29, 1.82) is 0 Å². The van der Waals surface area contributed by atoms with E-state index in [0.717, 1.165) is 67.4 Å². The van der Waals surface area contributed by atoms with E-state index in [1.54, 1.807) is 6.66 Å². The smallest absolute Gasteiger partial charge is 0.350 e. The van der Waals surface area contributed by atoms with Crippen molar-refractivity contribution in [2.24, 2.45) is 11.8 Å². The van der Waals surface area contributed by atoms with E-state index in [4.69, 9.17) is 18.7 Å². The summed E-state index contributed by atoms with van der Waals surface area (Å²) in [6.07, 6.45) is 7.11. The summed E-state index contributed by atoms with van der Waals surface area (Å²) in [4.78, 5) is 30.7. The number of methoxy groups -OCH3 is 1. The van der Waals surface area contributed by atoms with Gasteiger partial charge in [0.15, 0.2) is 5.79 Å². The van der Waals surface area contributed by atoms with Gasteiger partial charge in [0, 0.05) is 42.5 Å². The van der Waals surface area contributed by atoms with Gasteiger partial charge in [-0.3, -0.25) is 9.36 Å². The van der Waals surface area contributed by atoms with Gasteiger partial charge in [0.2, 0.25) is 13.3 Å². The molecule has 1 amide bonds. The molecule has 1 aromatic carbocycles. The van der Waals surface area contributed by atoms with Crippen molar-refractivity contribution in [2.45, 2.75) is 83.2 Å². The summed E-state index contributed by atoms with van der Waals surface area (Å²) in [5.41, 5.74) is 2.49. The van der Waals surface area contributed by atoms with E-state index in [1.165, 1.54) is 18.4 Å². The van der Waals surface area contributed by atoms with Gasteiger partial charge in [0.25, 0.3) is 0 Å². The van der Waals surface area contributed by atoms with Crippen LogP contribution in [0.2, 0.25) is 0 Å². The zero-order chi connectivity index (χ0) is 29.9. The van der Waals surface area contributed by atoms with Crippen LogP contribution in [-0.2, 0) is 34.3 Å². The van der Waals surface area contributed by atoms with E-state index in [2.05, 4.69) is 6.92 Å². The number of nitrogens with zero attached hydrogens (tertiary/aromatic N) is 1. The van der Waals surface area contributed by atoms with Gasteiger partial charge < -0.3 is 23.6 Å². The van der Waals surface area contributed by atoms with Crippen LogP contribution in [0.3, 0.4) is 0 Å². The number of hydrogen-bond acceptors (Lipinski definition) is 8. The Morgan fingerprint density at radius 3 is 2.29 bits per heavy atom. The molecule has 3 aliphatic rings. The summed E-state index contributed by atoms with van der Waals surface area (Å²) in [6, 6.07) is 9.79. The number of hydrogen-bond donors (Lipinski definition) is 0. The van der Waals surface area contributed by atoms with Crippen LogP contribution >= 0.6 is 18.7 Å². The second-order valence-electron chi connectivity index (χ2n) is 12.1. The third-order valence-electron chi connectivity index (χ3n) is 8.95. The molecule has 0 bridgehead atoms. The largest absolute Gasteiger partial charge is 0.465 e. The molecule has 230 valence electrons. The molecule has 1 aromatic heterocycles. The molecule has 8 nitrogen and oxygen atoms in total. The zero-order valence-electron chi connectivity index (χ0n) is 25.3. The minimum Gasteiger partial charge on any atom is -0.465 e. The van der Waals surface area contributed by atoms with Crippen molar-refractivity contribution >= 4 is 36.3 Å². The minimum absolute atomic E-state index is 0.0548. The van der Waals surface area contributed by atoms with Crippen LogP contribution < -0.4 is 4.90 Å². The molecule has 1 atom stereocenters. The predicted molar refractivity (Wildman–Crippen MR) is 165 cm³/mol. The lowest BCUT2D eigenvalue weighted by molar-refractivity contribution is -0.179. The number of thiophene rings is 1. The lowest BCUT2D eigenvalue weighted by Crippen LogP contribution is -2.49. The maximum Gasteiger partial charge on any atom is 0.350 e. The molecule has 1 unspecified atom stereocenters. The number of anilines is 1. The van der Waals surface area contributed by atoms with Crippen molar-refractivity contribution in [2.75, 3.05) is 38.5 Å². The number of esters is 1. The highest BCUT2D eigenvalue weighted by atomic mass is 32.1. The average Bonchev–Trinajstić information content (AvgIpc) is 3.62. The Morgan fingerprint density at radius 1 is 1.05 bits per heavy atom. The number of rotatable bonds is 9. The molecule has 1 spiro atoms. The van der Waals surface area contributed by atoms with Gasteiger partial charge in [-0.25, -0.2) is 4.79 Å². The first-order chi connectivity index (χ1) is 20.1. The molecular formula is C32H44NO7PS. The lowest BCUT2D eigenvalue weighted by atomic mass is 9.81. The first kappa shape index (κ1) is 31.4. The van der Waals surface area contributed by atoms with Gasteiger partial charge in [-0.15, -0.1) is 11.3 Å². The predicted octanol–water partition coefficient (Wildman–Crippen LogP) is 7.49. The van der Waals surface area contributed by atoms with Gasteiger partial charge in [-0.1, -0.05) is 31.2 Å². The normalized spacial score (nSPS) is 23.9. The number of carbonyl (C=O) groups excluding carboxylic acids is 2. The SMILES string of the molecule is CCOP(C)(=O)Cc1ccc(-c2cc(N(C(=O)C3CCC(C)CC3)C3CCC4(CC3)OCCO4)c(C(=O)OC)s2)cc1. The van der Waals surface area contributed by atoms with Crippen LogP contribution in [0.25, 0.3) is 10.4 Å². The molecule has 42 heavy (non-hydrogen) atoms. The average molecular weight is 618 g/mol. The van der Waals surface area contributed by atoms with Gasteiger partial charge in [0.1, 0.15) is 4.88 Å². The van der Waals surface area contributed by atoms with Crippen LogP contribution in [0.15, 0.2) is 30.3 Å². The highest BCUT2D eigenvalue weighted by Gasteiger charge is 2.44. The maximum absolute atomic E-state index is 14.3. The summed E-state index contributed by atoms with van der Waals surface area (Å²) in [5.74, 6) is -0.297. The molecule has 0 N–H and O–H groups in total. The molecule has 0 radical (unpaired) electrons. The van der Waals surface area contributed by atoms with Crippen molar-refractivity contribution < 1.29 is 32.9 Å². The Kier molecular flexibility index (Phi) is 9.95. The van der Waals surface area contributed by atoms with E-state index in [0.29, 0.717) is 42.5 Å². The van der Waals surface area contributed by atoms with Gasteiger partial charge in [0.05, 0.1) is 32.6 Å². The highest BCUT2D eigenvalue weighted by molar-refractivity contribution is 7.57. The Balaban J connectivity index is 1.47. The van der Waals surface area contributed by atoms with Gasteiger partial charge in [-0.05, 0) is 68.6 Å². The molecule has 1 saturated heterocycles. The van der Waals surface area contributed by atoms with Crippen molar-refractivity contribution in [3.63, 3.8) is 0 Å². The quantitative estimate of drug-likeness (QED) is 0.213. The molecule has 5 rings (SSSR count).